The van der Waals surface area contributed by atoms with Gasteiger partial charge in [0.05, 0.1) is 11.0 Å². The smallest absolute Gasteiger partial charge is 0.164 e. The second-order valence-electron chi connectivity index (χ2n) is 14.0. The van der Waals surface area contributed by atoms with E-state index in [9.17, 15) is 0 Å². The van der Waals surface area contributed by atoms with Gasteiger partial charge in [0, 0.05) is 43.9 Å². The third-order valence-electron chi connectivity index (χ3n) is 10.6. The molecular weight excluding hydrogens is 685 g/mol. The van der Waals surface area contributed by atoms with Crippen LogP contribution in [0.15, 0.2) is 199 Å². The Morgan fingerprint density at radius 1 is 0.339 bits per heavy atom. The fourth-order valence-corrected chi connectivity index (χ4v) is 8.05. The monoisotopic (exact) mass is 716 g/mol. The summed E-state index contributed by atoms with van der Waals surface area (Å²) in [4.78, 5) is 15.7. The van der Waals surface area contributed by atoms with Gasteiger partial charge in [-0.1, -0.05) is 146 Å². The number of para-hydroxylation sites is 3. The zero-order valence-electron chi connectivity index (χ0n) is 30.2. The van der Waals surface area contributed by atoms with Crippen molar-refractivity contribution in [1.82, 2.24) is 19.5 Å². The highest BCUT2D eigenvalue weighted by atomic mass is 16.3. The van der Waals surface area contributed by atoms with Gasteiger partial charge in [-0.3, -0.25) is 0 Å². The van der Waals surface area contributed by atoms with Crippen LogP contribution in [0.2, 0.25) is 0 Å². The number of nitrogens with zero attached hydrogens (tertiary/aromatic N) is 4. The van der Waals surface area contributed by atoms with Crippen molar-refractivity contribution in [3.05, 3.63) is 194 Å². The predicted molar refractivity (Wildman–Crippen MR) is 229 cm³/mol. The average Bonchev–Trinajstić information content (AvgIpc) is 3.83. The van der Waals surface area contributed by atoms with Crippen molar-refractivity contribution in [2.75, 3.05) is 0 Å². The standard InChI is InChI=1S/C51H32N4O/c1-4-16-33(17-5-1)36-28-37(30-39(29-36)55-44-25-13-10-22-40(44)41-23-11-14-26-45(41)55)50-52-49(35-20-8-3-9-21-35)53-51(54-50)38-31-43(34-18-6-2-7-19-34)48-42-24-12-15-27-46(42)56-47(48)32-38/h1-32H. The Bertz CT molecular complexity index is 3190. The summed E-state index contributed by atoms with van der Waals surface area (Å²) in [5.41, 5.74) is 11.9. The van der Waals surface area contributed by atoms with E-state index < -0.39 is 0 Å². The summed E-state index contributed by atoms with van der Waals surface area (Å²) in [5.74, 6) is 1.75. The van der Waals surface area contributed by atoms with Crippen LogP contribution in [0.3, 0.4) is 0 Å². The highest BCUT2D eigenvalue weighted by Gasteiger charge is 2.20. The van der Waals surface area contributed by atoms with Gasteiger partial charge in [0.25, 0.3) is 0 Å². The van der Waals surface area contributed by atoms with Gasteiger partial charge in [-0.25, -0.2) is 15.0 Å². The summed E-state index contributed by atoms with van der Waals surface area (Å²) < 4.78 is 8.87. The Kier molecular flexibility index (Phi) is 7.42. The molecule has 0 atom stereocenters. The van der Waals surface area contributed by atoms with E-state index in [0.717, 1.165) is 77.6 Å². The van der Waals surface area contributed by atoms with Gasteiger partial charge < -0.3 is 8.98 Å². The van der Waals surface area contributed by atoms with Crippen molar-refractivity contribution >= 4 is 43.7 Å². The number of benzene rings is 8. The molecular formula is C51H32N4O. The van der Waals surface area contributed by atoms with Crippen LogP contribution >= 0.6 is 0 Å². The lowest BCUT2D eigenvalue weighted by molar-refractivity contribution is 0.669. The summed E-state index contributed by atoms with van der Waals surface area (Å²) >= 11 is 0. The Labute approximate surface area is 322 Å². The van der Waals surface area contributed by atoms with Gasteiger partial charge in [-0.05, 0) is 70.8 Å². The van der Waals surface area contributed by atoms with E-state index in [2.05, 4.69) is 144 Å². The maximum Gasteiger partial charge on any atom is 0.164 e. The number of aromatic nitrogens is 4. The number of fused-ring (bicyclic) bond motifs is 6. The summed E-state index contributed by atoms with van der Waals surface area (Å²) in [7, 11) is 0. The zero-order valence-corrected chi connectivity index (χ0v) is 30.2. The highest BCUT2D eigenvalue weighted by molar-refractivity contribution is 6.13. The second-order valence-corrected chi connectivity index (χ2v) is 14.0. The van der Waals surface area contributed by atoms with Gasteiger partial charge in [-0.15, -0.1) is 0 Å². The Balaban J connectivity index is 1.18. The molecule has 0 spiro atoms. The van der Waals surface area contributed by atoms with Crippen molar-refractivity contribution in [3.63, 3.8) is 0 Å². The lowest BCUT2D eigenvalue weighted by Gasteiger charge is -2.14. The summed E-state index contributed by atoms with van der Waals surface area (Å²) in [5, 5.41) is 4.56. The van der Waals surface area contributed by atoms with Gasteiger partial charge in [-0.2, -0.15) is 0 Å². The first kappa shape index (κ1) is 31.9. The molecule has 11 aromatic rings. The molecule has 11 rings (SSSR count). The van der Waals surface area contributed by atoms with Crippen LogP contribution in [0.1, 0.15) is 0 Å². The van der Waals surface area contributed by atoms with Crippen LogP contribution in [0.25, 0.3) is 106 Å². The first-order valence-electron chi connectivity index (χ1n) is 18.8. The molecule has 0 fully saturated rings. The fraction of sp³-hybridized carbons (Fsp3) is 0. The second kappa shape index (κ2) is 13.0. The van der Waals surface area contributed by atoms with Crippen LogP contribution in [-0.4, -0.2) is 19.5 Å². The summed E-state index contributed by atoms with van der Waals surface area (Å²) in [6.45, 7) is 0. The van der Waals surface area contributed by atoms with Gasteiger partial charge in [0.2, 0.25) is 0 Å². The minimum Gasteiger partial charge on any atom is -0.456 e. The Hall–Kier alpha value is -7.63. The third kappa shape index (κ3) is 5.37. The van der Waals surface area contributed by atoms with Crippen LogP contribution in [0.4, 0.5) is 0 Å². The lowest BCUT2D eigenvalue weighted by Crippen LogP contribution is -2.02. The van der Waals surface area contributed by atoms with Crippen LogP contribution in [-0.2, 0) is 0 Å². The molecule has 0 aliphatic rings. The molecule has 5 heteroatoms. The Morgan fingerprint density at radius 3 is 1.46 bits per heavy atom. The van der Waals surface area contributed by atoms with Crippen LogP contribution < -0.4 is 0 Å². The van der Waals surface area contributed by atoms with Crippen molar-refractivity contribution < 1.29 is 4.42 Å². The molecule has 0 aliphatic heterocycles. The molecule has 5 nitrogen and oxygen atoms in total. The number of hydrogen-bond donors (Lipinski definition) is 0. The molecule has 262 valence electrons. The molecule has 0 radical (unpaired) electrons. The molecule has 0 saturated carbocycles. The van der Waals surface area contributed by atoms with Crippen LogP contribution in [0, 0.1) is 0 Å². The average molecular weight is 717 g/mol. The van der Waals surface area contributed by atoms with E-state index in [1.54, 1.807) is 0 Å². The van der Waals surface area contributed by atoms with E-state index >= 15 is 0 Å². The molecule has 0 aliphatic carbocycles. The molecule has 3 aromatic heterocycles. The maximum absolute atomic E-state index is 6.52. The third-order valence-corrected chi connectivity index (χ3v) is 10.6. The van der Waals surface area contributed by atoms with Gasteiger partial charge in [0.1, 0.15) is 11.2 Å². The number of rotatable bonds is 6. The normalized spacial score (nSPS) is 11.6. The van der Waals surface area contributed by atoms with Gasteiger partial charge >= 0.3 is 0 Å². The van der Waals surface area contributed by atoms with E-state index in [4.69, 9.17) is 19.4 Å². The number of hydrogen-bond acceptors (Lipinski definition) is 4. The Morgan fingerprint density at radius 2 is 0.821 bits per heavy atom. The maximum atomic E-state index is 6.52. The van der Waals surface area contributed by atoms with E-state index in [-0.39, 0.29) is 0 Å². The molecule has 0 saturated heterocycles. The molecule has 3 heterocycles. The van der Waals surface area contributed by atoms with E-state index in [1.807, 2.05) is 54.6 Å². The predicted octanol–water partition coefficient (Wildman–Crippen LogP) is 13.2. The van der Waals surface area contributed by atoms with Gasteiger partial charge in [0.15, 0.2) is 17.5 Å². The summed E-state index contributed by atoms with van der Waals surface area (Å²) in [6, 6.07) is 67.4. The minimum absolute atomic E-state index is 0.567. The van der Waals surface area contributed by atoms with Crippen molar-refractivity contribution in [2.45, 2.75) is 0 Å². The quantitative estimate of drug-likeness (QED) is 0.172. The first-order valence-corrected chi connectivity index (χ1v) is 18.8. The molecule has 0 unspecified atom stereocenters. The highest BCUT2D eigenvalue weighted by Crippen LogP contribution is 2.41. The lowest BCUT2D eigenvalue weighted by atomic mass is 9.96. The largest absolute Gasteiger partial charge is 0.456 e. The van der Waals surface area contributed by atoms with Crippen molar-refractivity contribution in [1.29, 1.82) is 0 Å². The van der Waals surface area contributed by atoms with E-state index in [1.165, 1.54) is 10.8 Å². The van der Waals surface area contributed by atoms with Crippen molar-refractivity contribution in [3.8, 4) is 62.1 Å². The molecule has 56 heavy (non-hydrogen) atoms. The molecule has 0 N–H and O–H groups in total. The SMILES string of the molecule is c1ccc(-c2cc(-c3nc(-c4ccccc4)nc(-c4cc(-c5ccccc5)c5c(c4)oc4ccccc45)n3)cc(-n3c4ccccc4c4ccccc43)c2)cc1. The summed E-state index contributed by atoms with van der Waals surface area (Å²) in [6.07, 6.45) is 0. The molecule has 0 amide bonds. The minimum atomic E-state index is 0.567. The zero-order chi connectivity index (χ0) is 37.0. The first-order chi connectivity index (χ1) is 27.7. The molecule has 8 aromatic carbocycles. The topological polar surface area (TPSA) is 56.7 Å². The van der Waals surface area contributed by atoms with Crippen LogP contribution in [0.5, 0.6) is 0 Å². The van der Waals surface area contributed by atoms with Crippen molar-refractivity contribution in [2.24, 2.45) is 0 Å². The number of furan rings is 1. The van der Waals surface area contributed by atoms with E-state index in [0.29, 0.717) is 17.5 Å². The molecule has 0 bridgehead atoms. The fourth-order valence-electron chi connectivity index (χ4n) is 8.05.